The topological polar surface area (TPSA) is 110 Å². The standard InChI is InChI=1S/C9H5BrN6O2/c10-6-4(9(17)18)1-15-16(6)8-5-7(12-2-11-5)13-3-14-8/h1-3H,(H,17,18)(H,11,12,13,14). The molecule has 3 rings (SSSR count). The quantitative estimate of drug-likeness (QED) is 0.731. The summed E-state index contributed by atoms with van der Waals surface area (Å²) in [6, 6.07) is 0. The molecule has 18 heavy (non-hydrogen) atoms. The van der Waals surface area contributed by atoms with Crippen LogP contribution in [-0.4, -0.2) is 40.8 Å². The van der Waals surface area contributed by atoms with Crippen LogP contribution in [0.2, 0.25) is 0 Å². The van der Waals surface area contributed by atoms with Gasteiger partial charge in [-0.3, -0.25) is 0 Å². The van der Waals surface area contributed by atoms with E-state index in [2.05, 4.69) is 41.0 Å². The SMILES string of the molecule is O=C(O)c1cnn(-c2ncnc3nc[nH]c23)c1Br. The van der Waals surface area contributed by atoms with Crippen LogP contribution in [0.1, 0.15) is 10.4 Å². The van der Waals surface area contributed by atoms with Crippen molar-refractivity contribution in [2.45, 2.75) is 0 Å². The van der Waals surface area contributed by atoms with Crippen LogP contribution in [0.15, 0.2) is 23.5 Å². The van der Waals surface area contributed by atoms with Gasteiger partial charge in [-0.05, 0) is 15.9 Å². The van der Waals surface area contributed by atoms with E-state index in [4.69, 9.17) is 5.11 Å². The van der Waals surface area contributed by atoms with Gasteiger partial charge in [0.05, 0.1) is 12.5 Å². The number of fused-ring (bicyclic) bond motifs is 1. The van der Waals surface area contributed by atoms with Crippen molar-refractivity contribution >= 4 is 33.1 Å². The summed E-state index contributed by atoms with van der Waals surface area (Å²) in [5.41, 5.74) is 1.12. The van der Waals surface area contributed by atoms with E-state index in [1.165, 1.54) is 23.5 Å². The Hall–Kier alpha value is -2.29. The number of aromatic carboxylic acids is 1. The molecule has 0 aliphatic rings. The zero-order valence-corrected chi connectivity index (χ0v) is 10.3. The molecule has 90 valence electrons. The summed E-state index contributed by atoms with van der Waals surface area (Å²) >= 11 is 3.19. The van der Waals surface area contributed by atoms with E-state index in [1.807, 2.05) is 0 Å². The molecule has 0 saturated carbocycles. The molecule has 0 aliphatic carbocycles. The number of aromatic amines is 1. The highest BCUT2D eigenvalue weighted by atomic mass is 79.9. The minimum Gasteiger partial charge on any atom is -0.478 e. The number of aromatic nitrogens is 6. The fourth-order valence-electron chi connectivity index (χ4n) is 1.54. The molecular formula is C9H5BrN6O2. The number of carbonyl (C=O) groups is 1. The maximum absolute atomic E-state index is 10.9. The van der Waals surface area contributed by atoms with Crippen LogP contribution >= 0.6 is 15.9 Å². The molecule has 0 amide bonds. The molecule has 3 aromatic heterocycles. The monoisotopic (exact) mass is 308 g/mol. The van der Waals surface area contributed by atoms with Gasteiger partial charge in [0.15, 0.2) is 11.5 Å². The van der Waals surface area contributed by atoms with Crippen LogP contribution in [0.5, 0.6) is 0 Å². The Morgan fingerprint density at radius 1 is 1.39 bits per heavy atom. The number of carboxylic acids is 1. The summed E-state index contributed by atoms with van der Waals surface area (Å²) in [5.74, 6) is -0.639. The zero-order valence-electron chi connectivity index (χ0n) is 8.70. The number of halogens is 1. The second-order valence-corrected chi connectivity index (χ2v) is 4.12. The zero-order chi connectivity index (χ0) is 12.7. The van der Waals surface area contributed by atoms with Crippen molar-refractivity contribution in [3.8, 4) is 5.82 Å². The van der Waals surface area contributed by atoms with Crippen LogP contribution in [0, 0.1) is 0 Å². The molecule has 0 aromatic carbocycles. The molecule has 0 bridgehead atoms. The Morgan fingerprint density at radius 3 is 2.94 bits per heavy atom. The van der Waals surface area contributed by atoms with E-state index in [0.717, 1.165) is 0 Å². The second-order valence-electron chi connectivity index (χ2n) is 3.36. The van der Waals surface area contributed by atoms with Crippen LogP contribution in [0.4, 0.5) is 0 Å². The van der Waals surface area contributed by atoms with Crippen molar-refractivity contribution in [3.63, 3.8) is 0 Å². The molecule has 0 fully saturated rings. The third-order valence-electron chi connectivity index (χ3n) is 2.34. The molecule has 8 nitrogen and oxygen atoms in total. The minimum atomic E-state index is -1.07. The first kappa shape index (κ1) is 10.8. The lowest BCUT2D eigenvalue weighted by Gasteiger charge is -2.02. The van der Waals surface area contributed by atoms with Crippen LogP contribution < -0.4 is 0 Å². The van der Waals surface area contributed by atoms with Crippen LogP contribution in [-0.2, 0) is 0 Å². The molecule has 0 unspecified atom stereocenters. The van der Waals surface area contributed by atoms with Crippen molar-refractivity contribution in [2.24, 2.45) is 0 Å². The maximum atomic E-state index is 10.9. The van der Waals surface area contributed by atoms with E-state index >= 15 is 0 Å². The van der Waals surface area contributed by atoms with E-state index in [0.29, 0.717) is 21.6 Å². The molecule has 9 heteroatoms. The van der Waals surface area contributed by atoms with Crippen molar-refractivity contribution < 1.29 is 9.90 Å². The Morgan fingerprint density at radius 2 is 2.22 bits per heavy atom. The van der Waals surface area contributed by atoms with Gasteiger partial charge in [0.1, 0.15) is 22.0 Å². The lowest BCUT2D eigenvalue weighted by atomic mass is 10.4. The first-order valence-corrected chi connectivity index (χ1v) is 5.59. The number of nitrogens with one attached hydrogen (secondary N) is 1. The number of rotatable bonds is 2. The molecular weight excluding hydrogens is 304 g/mol. The fourth-order valence-corrected chi connectivity index (χ4v) is 2.07. The van der Waals surface area contributed by atoms with Gasteiger partial charge in [0.25, 0.3) is 0 Å². The number of hydrogen-bond donors (Lipinski definition) is 2. The highest BCUT2D eigenvalue weighted by Gasteiger charge is 2.18. The predicted octanol–water partition coefficient (Wildman–Crippen LogP) is 0.999. The van der Waals surface area contributed by atoms with Crippen LogP contribution in [0.25, 0.3) is 17.0 Å². The number of H-pyrrole nitrogens is 1. The average molecular weight is 309 g/mol. The third kappa shape index (κ3) is 1.48. The normalized spacial score (nSPS) is 10.9. The first-order chi connectivity index (χ1) is 8.68. The van der Waals surface area contributed by atoms with Crippen LogP contribution in [0.3, 0.4) is 0 Å². The van der Waals surface area contributed by atoms with E-state index in [-0.39, 0.29) is 5.56 Å². The van der Waals surface area contributed by atoms with E-state index in [1.54, 1.807) is 0 Å². The summed E-state index contributed by atoms with van der Waals surface area (Å²) in [7, 11) is 0. The fraction of sp³-hybridized carbons (Fsp3) is 0. The number of imidazole rings is 1. The molecule has 3 aromatic rings. The van der Waals surface area contributed by atoms with Crippen molar-refractivity contribution in [1.82, 2.24) is 29.7 Å². The Kier molecular flexibility index (Phi) is 2.33. The van der Waals surface area contributed by atoms with Gasteiger partial charge < -0.3 is 10.1 Å². The maximum Gasteiger partial charge on any atom is 0.340 e. The van der Waals surface area contributed by atoms with Gasteiger partial charge in [0.2, 0.25) is 0 Å². The second kappa shape index (κ2) is 3.88. The van der Waals surface area contributed by atoms with Crippen molar-refractivity contribution in [1.29, 1.82) is 0 Å². The summed E-state index contributed by atoms with van der Waals surface area (Å²) in [6.45, 7) is 0. The van der Waals surface area contributed by atoms with E-state index in [9.17, 15) is 4.79 Å². The third-order valence-corrected chi connectivity index (χ3v) is 3.11. The molecule has 0 spiro atoms. The molecule has 0 saturated heterocycles. The summed E-state index contributed by atoms with van der Waals surface area (Å²) in [4.78, 5) is 25.9. The molecule has 0 atom stereocenters. The minimum absolute atomic E-state index is 0.0567. The summed E-state index contributed by atoms with van der Waals surface area (Å²) in [6.07, 6.45) is 4.07. The van der Waals surface area contributed by atoms with Gasteiger partial charge in [-0.25, -0.2) is 24.4 Å². The smallest absolute Gasteiger partial charge is 0.340 e. The largest absolute Gasteiger partial charge is 0.478 e. The highest BCUT2D eigenvalue weighted by Crippen LogP contribution is 2.22. The van der Waals surface area contributed by atoms with Crippen molar-refractivity contribution in [2.75, 3.05) is 0 Å². The molecule has 0 aliphatic heterocycles. The molecule has 2 N–H and O–H groups in total. The average Bonchev–Trinajstić information content (AvgIpc) is 2.94. The van der Waals surface area contributed by atoms with Gasteiger partial charge in [0, 0.05) is 0 Å². The Balaban J connectivity index is 2.26. The van der Waals surface area contributed by atoms with Gasteiger partial charge >= 0.3 is 5.97 Å². The molecule has 0 radical (unpaired) electrons. The Labute approximate surface area is 108 Å². The number of nitrogens with zero attached hydrogens (tertiary/aromatic N) is 5. The lowest BCUT2D eigenvalue weighted by molar-refractivity contribution is 0.0696. The molecule has 3 heterocycles. The summed E-state index contributed by atoms with van der Waals surface area (Å²) < 4.78 is 1.68. The number of hydrogen-bond acceptors (Lipinski definition) is 5. The predicted molar refractivity (Wildman–Crippen MR) is 63.5 cm³/mol. The van der Waals surface area contributed by atoms with Gasteiger partial charge in [-0.1, -0.05) is 0 Å². The number of carboxylic acid groups (broad SMARTS) is 1. The Bertz CT molecular complexity index is 748. The lowest BCUT2D eigenvalue weighted by Crippen LogP contribution is -2.03. The van der Waals surface area contributed by atoms with Crippen molar-refractivity contribution in [3.05, 3.63) is 29.0 Å². The van der Waals surface area contributed by atoms with Gasteiger partial charge in [-0.15, -0.1) is 0 Å². The first-order valence-electron chi connectivity index (χ1n) is 4.79. The van der Waals surface area contributed by atoms with E-state index < -0.39 is 5.97 Å². The highest BCUT2D eigenvalue weighted by molar-refractivity contribution is 9.10. The van der Waals surface area contributed by atoms with Gasteiger partial charge in [-0.2, -0.15) is 5.10 Å². The summed E-state index contributed by atoms with van der Waals surface area (Å²) in [5, 5.41) is 13.0.